The van der Waals surface area contributed by atoms with Gasteiger partial charge in [-0.05, 0) is 66.0 Å². The standard InChI is InChI=1S/C21H26O2/c1-15-12-20(2,3)14-21(13-15,16-4-8-18(22)9-5-16)17-6-10-19(23)11-7-17/h4-11,15,22-23H,12-14H2,1-3H3/t15-/m0/s1. The first kappa shape index (κ1) is 15.9. The minimum atomic E-state index is -0.0669. The molecule has 0 spiro atoms. The summed E-state index contributed by atoms with van der Waals surface area (Å²) < 4.78 is 0. The summed E-state index contributed by atoms with van der Waals surface area (Å²) in [6.45, 7) is 7.02. The van der Waals surface area contributed by atoms with Gasteiger partial charge in [0.2, 0.25) is 0 Å². The first-order valence-corrected chi connectivity index (χ1v) is 8.40. The molecule has 0 amide bonds. The molecular weight excluding hydrogens is 284 g/mol. The van der Waals surface area contributed by atoms with Crippen LogP contribution in [0.4, 0.5) is 0 Å². The molecule has 1 aliphatic carbocycles. The number of aromatic hydroxyl groups is 2. The van der Waals surface area contributed by atoms with Crippen molar-refractivity contribution in [3.8, 4) is 11.5 Å². The van der Waals surface area contributed by atoms with Gasteiger partial charge in [0.25, 0.3) is 0 Å². The Morgan fingerprint density at radius 2 is 1.22 bits per heavy atom. The molecule has 23 heavy (non-hydrogen) atoms. The van der Waals surface area contributed by atoms with Crippen LogP contribution in [0.1, 0.15) is 51.2 Å². The molecule has 0 heterocycles. The van der Waals surface area contributed by atoms with Crippen LogP contribution in [0.3, 0.4) is 0 Å². The first-order valence-electron chi connectivity index (χ1n) is 8.40. The monoisotopic (exact) mass is 310 g/mol. The lowest BCUT2D eigenvalue weighted by atomic mass is 9.55. The van der Waals surface area contributed by atoms with Gasteiger partial charge in [-0.1, -0.05) is 45.0 Å². The minimum Gasteiger partial charge on any atom is -0.508 e. The molecule has 3 rings (SSSR count). The van der Waals surface area contributed by atoms with Crippen LogP contribution in [0.5, 0.6) is 11.5 Å². The SMILES string of the molecule is C[C@H]1CC(C)(C)CC(c2ccc(O)cc2)(c2ccc(O)cc2)C1. The van der Waals surface area contributed by atoms with Crippen LogP contribution in [-0.2, 0) is 5.41 Å². The number of phenolic OH excluding ortho intramolecular Hbond substituents is 2. The van der Waals surface area contributed by atoms with Crippen LogP contribution in [-0.4, -0.2) is 10.2 Å². The highest BCUT2D eigenvalue weighted by molar-refractivity contribution is 5.44. The van der Waals surface area contributed by atoms with E-state index in [4.69, 9.17) is 0 Å². The van der Waals surface area contributed by atoms with Crippen molar-refractivity contribution in [3.05, 3.63) is 59.7 Å². The number of hydrogen-bond donors (Lipinski definition) is 2. The maximum Gasteiger partial charge on any atom is 0.115 e. The van der Waals surface area contributed by atoms with E-state index in [9.17, 15) is 10.2 Å². The van der Waals surface area contributed by atoms with Gasteiger partial charge in [-0.3, -0.25) is 0 Å². The van der Waals surface area contributed by atoms with E-state index in [0.29, 0.717) is 17.4 Å². The third-order valence-electron chi connectivity index (χ3n) is 5.22. The highest BCUT2D eigenvalue weighted by Gasteiger charge is 2.45. The summed E-state index contributed by atoms with van der Waals surface area (Å²) >= 11 is 0. The van der Waals surface area contributed by atoms with Gasteiger partial charge < -0.3 is 10.2 Å². The number of benzene rings is 2. The predicted octanol–water partition coefficient (Wildman–Crippen LogP) is 5.23. The summed E-state index contributed by atoms with van der Waals surface area (Å²) in [6, 6.07) is 15.3. The van der Waals surface area contributed by atoms with Crippen molar-refractivity contribution < 1.29 is 10.2 Å². The molecule has 0 aliphatic heterocycles. The van der Waals surface area contributed by atoms with Crippen LogP contribution in [0, 0.1) is 11.3 Å². The zero-order valence-corrected chi connectivity index (χ0v) is 14.2. The predicted molar refractivity (Wildman–Crippen MR) is 93.8 cm³/mol. The zero-order chi connectivity index (χ0) is 16.7. The molecule has 1 fully saturated rings. The Balaban J connectivity index is 2.16. The molecule has 0 saturated heterocycles. The molecule has 2 heteroatoms. The first-order chi connectivity index (χ1) is 10.8. The van der Waals surface area contributed by atoms with E-state index >= 15 is 0 Å². The molecule has 0 radical (unpaired) electrons. The van der Waals surface area contributed by atoms with E-state index in [-0.39, 0.29) is 10.8 Å². The van der Waals surface area contributed by atoms with Crippen molar-refractivity contribution in [1.82, 2.24) is 0 Å². The van der Waals surface area contributed by atoms with Crippen LogP contribution >= 0.6 is 0 Å². The summed E-state index contributed by atoms with van der Waals surface area (Å²) in [5.74, 6) is 1.23. The van der Waals surface area contributed by atoms with Gasteiger partial charge in [0.05, 0.1) is 0 Å². The van der Waals surface area contributed by atoms with E-state index in [2.05, 4.69) is 45.0 Å². The summed E-state index contributed by atoms with van der Waals surface area (Å²) in [7, 11) is 0. The average Bonchev–Trinajstić information content (AvgIpc) is 2.46. The second-order valence-electron chi connectivity index (χ2n) is 8.03. The molecule has 2 N–H and O–H groups in total. The van der Waals surface area contributed by atoms with Crippen molar-refractivity contribution in [2.45, 2.75) is 45.4 Å². The molecule has 122 valence electrons. The van der Waals surface area contributed by atoms with Gasteiger partial charge in [-0.25, -0.2) is 0 Å². The van der Waals surface area contributed by atoms with Crippen LogP contribution < -0.4 is 0 Å². The Labute approximate surface area is 138 Å². The lowest BCUT2D eigenvalue weighted by Gasteiger charge is -2.48. The van der Waals surface area contributed by atoms with Crippen molar-refractivity contribution in [3.63, 3.8) is 0 Å². The molecule has 1 atom stereocenters. The van der Waals surface area contributed by atoms with E-state index in [0.717, 1.165) is 12.8 Å². The normalized spacial score (nSPS) is 22.7. The Hall–Kier alpha value is -1.96. The molecule has 1 aliphatic rings. The van der Waals surface area contributed by atoms with Crippen molar-refractivity contribution in [2.24, 2.45) is 11.3 Å². The third-order valence-corrected chi connectivity index (χ3v) is 5.22. The molecule has 0 aromatic heterocycles. The highest BCUT2D eigenvalue weighted by atomic mass is 16.3. The fourth-order valence-corrected chi connectivity index (χ4v) is 4.74. The summed E-state index contributed by atoms with van der Waals surface area (Å²) in [6.07, 6.45) is 3.39. The molecule has 2 aromatic carbocycles. The van der Waals surface area contributed by atoms with E-state index < -0.39 is 0 Å². The smallest absolute Gasteiger partial charge is 0.115 e. The van der Waals surface area contributed by atoms with Gasteiger partial charge in [0.1, 0.15) is 11.5 Å². The van der Waals surface area contributed by atoms with Crippen molar-refractivity contribution in [2.75, 3.05) is 0 Å². The zero-order valence-electron chi connectivity index (χ0n) is 14.2. The lowest BCUT2D eigenvalue weighted by Crippen LogP contribution is -2.41. The number of rotatable bonds is 2. The van der Waals surface area contributed by atoms with Gasteiger partial charge in [-0.2, -0.15) is 0 Å². The van der Waals surface area contributed by atoms with Gasteiger partial charge in [0.15, 0.2) is 0 Å². The minimum absolute atomic E-state index is 0.0669. The Kier molecular flexibility index (Phi) is 3.87. The van der Waals surface area contributed by atoms with Gasteiger partial charge in [-0.15, -0.1) is 0 Å². The summed E-state index contributed by atoms with van der Waals surface area (Å²) in [4.78, 5) is 0. The molecule has 0 unspecified atom stereocenters. The van der Waals surface area contributed by atoms with E-state index in [1.165, 1.54) is 17.5 Å². The van der Waals surface area contributed by atoms with Crippen LogP contribution in [0.25, 0.3) is 0 Å². The topological polar surface area (TPSA) is 40.5 Å². The maximum absolute atomic E-state index is 9.67. The fourth-order valence-electron chi connectivity index (χ4n) is 4.74. The largest absolute Gasteiger partial charge is 0.508 e. The molecular formula is C21H26O2. The number of phenols is 2. The lowest BCUT2D eigenvalue weighted by molar-refractivity contribution is 0.127. The van der Waals surface area contributed by atoms with E-state index in [1.807, 2.05) is 0 Å². The molecule has 1 saturated carbocycles. The molecule has 2 nitrogen and oxygen atoms in total. The third kappa shape index (κ3) is 3.08. The van der Waals surface area contributed by atoms with Gasteiger partial charge >= 0.3 is 0 Å². The van der Waals surface area contributed by atoms with Gasteiger partial charge in [0, 0.05) is 5.41 Å². The Morgan fingerprint density at radius 1 is 0.783 bits per heavy atom. The molecule has 0 bridgehead atoms. The van der Waals surface area contributed by atoms with Crippen molar-refractivity contribution >= 4 is 0 Å². The second kappa shape index (κ2) is 5.59. The van der Waals surface area contributed by atoms with E-state index in [1.54, 1.807) is 24.3 Å². The highest BCUT2D eigenvalue weighted by Crippen LogP contribution is 2.53. The second-order valence-corrected chi connectivity index (χ2v) is 8.03. The van der Waals surface area contributed by atoms with Crippen molar-refractivity contribution in [1.29, 1.82) is 0 Å². The Bertz CT molecular complexity index is 622. The number of hydrogen-bond acceptors (Lipinski definition) is 2. The maximum atomic E-state index is 9.67. The van der Waals surface area contributed by atoms with Crippen LogP contribution in [0.2, 0.25) is 0 Å². The molecule has 2 aromatic rings. The van der Waals surface area contributed by atoms with Crippen LogP contribution in [0.15, 0.2) is 48.5 Å². The Morgan fingerprint density at radius 3 is 1.61 bits per heavy atom. The fraction of sp³-hybridized carbons (Fsp3) is 0.429. The summed E-state index contributed by atoms with van der Waals surface area (Å²) in [5.41, 5.74) is 2.69. The summed E-state index contributed by atoms with van der Waals surface area (Å²) in [5, 5.41) is 19.3. The quantitative estimate of drug-likeness (QED) is 0.797. The average molecular weight is 310 g/mol.